The molecule has 1 aromatic heterocycles. The minimum Gasteiger partial charge on any atom is -0.385 e. The molecule has 1 aliphatic heterocycles. The molecule has 0 bridgehead atoms. The summed E-state index contributed by atoms with van der Waals surface area (Å²) in [4.78, 5) is 9.67. The van der Waals surface area contributed by atoms with Gasteiger partial charge in [0.25, 0.3) is 0 Å². The number of aliphatic imine (C=N–C) groups is 1. The van der Waals surface area contributed by atoms with Gasteiger partial charge in [0.15, 0.2) is 0 Å². The summed E-state index contributed by atoms with van der Waals surface area (Å²) in [6.45, 7) is 14.0. The van der Waals surface area contributed by atoms with Crippen molar-refractivity contribution >= 4 is 16.5 Å². The average Bonchev–Trinajstić information content (AvgIpc) is 3.28. The van der Waals surface area contributed by atoms with Crippen LogP contribution in [0.5, 0.6) is 0 Å². The van der Waals surface area contributed by atoms with Gasteiger partial charge in [-0.25, -0.2) is 0 Å². The Hall–Kier alpha value is -2.42. The van der Waals surface area contributed by atoms with E-state index in [1.54, 1.807) is 0 Å². The molecule has 2 unspecified atom stereocenters. The fourth-order valence-corrected chi connectivity index (χ4v) is 4.54. The lowest BCUT2D eigenvalue weighted by molar-refractivity contribution is 0.259. The normalized spacial score (nSPS) is 25.2. The molecule has 4 rings (SSSR count). The summed E-state index contributed by atoms with van der Waals surface area (Å²) >= 11 is 0. The summed E-state index contributed by atoms with van der Waals surface area (Å²) in [5.74, 6) is 0.457. The van der Waals surface area contributed by atoms with E-state index < -0.39 is 0 Å². The van der Waals surface area contributed by atoms with Gasteiger partial charge < -0.3 is 5.32 Å². The molecule has 1 N–H and O–H groups in total. The standard InChI is InChI=1S/C24H29N3/c1-16(2)24(18(4)27-20-10-9-17(3)13-20)14-22(26-15-24)23-21-8-6-5-7-19(21)11-12-25-23/h5-8,11-12,16,20,27H,3-4,9-10,13-15H2,1-2H3. The summed E-state index contributed by atoms with van der Waals surface area (Å²) in [6.07, 6.45) is 6.13. The number of pyridine rings is 1. The highest BCUT2D eigenvalue weighted by atomic mass is 15.0. The molecule has 0 radical (unpaired) electrons. The van der Waals surface area contributed by atoms with Gasteiger partial charge in [-0.3, -0.25) is 9.98 Å². The maximum absolute atomic E-state index is 4.98. The number of hydrogen-bond donors (Lipinski definition) is 1. The van der Waals surface area contributed by atoms with E-state index in [1.807, 2.05) is 6.20 Å². The zero-order valence-electron chi connectivity index (χ0n) is 16.5. The molecule has 2 heterocycles. The summed E-state index contributed by atoms with van der Waals surface area (Å²) in [7, 11) is 0. The monoisotopic (exact) mass is 359 g/mol. The van der Waals surface area contributed by atoms with Crippen LogP contribution in [0.25, 0.3) is 10.8 Å². The Kier molecular flexibility index (Phi) is 4.63. The van der Waals surface area contributed by atoms with Gasteiger partial charge >= 0.3 is 0 Å². The second-order valence-corrected chi connectivity index (χ2v) is 8.44. The summed E-state index contributed by atoms with van der Waals surface area (Å²) in [6, 6.07) is 11.0. The second-order valence-electron chi connectivity index (χ2n) is 8.44. The Balaban J connectivity index is 1.60. The molecule has 140 valence electrons. The molecular formula is C24H29N3. The van der Waals surface area contributed by atoms with Crippen LogP contribution in [0, 0.1) is 11.3 Å². The van der Waals surface area contributed by atoms with Crippen molar-refractivity contribution in [3.8, 4) is 0 Å². The first-order valence-electron chi connectivity index (χ1n) is 9.99. The number of fused-ring (bicyclic) bond motifs is 1. The fourth-order valence-electron chi connectivity index (χ4n) is 4.54. The first kappa shape index (κ1) is 18.0. The third kappa shape index (κ3) is 3.20. The lowest BCUT2D eigenvalue weighted by Gasteiger charge is -2.37. The largest absolute Gasteiger partial charge is 0.385 e. The van der Waals surface area contributed by atoms with Crippen molar-refractivity contribution in [2.75, 3.05) is 6.54 Å². The van der Waals surface area contributed by atoms with Crippen molar-refractivity contribution < 1.29 is 0 Å². The third-order valence-electron chi connectivity index (χ3n) is 6.45. The van der Waals surface area contributed by atoms with Crippen LogP contribution in [-0.2, 0) is 0 Å². The van der Waals surface area contributed by atoms with E-state index in [4.69, 9.17) is 9.98 Å². The van der Waals surface area contributed by atoms with Crippen molar-refractivity contribution in [3.63, 3.8) is 0 Å². The Bertz CT molecular complexity index is 919. The summed E-state index contributed by atoms with van der Waals surface area (Å²) < 4.78 is 0. The van der Waals surface area contributed by atoms with E-state index in [-0.39, 0.29) is 5.41 Å². The van der Waals surface area contributed by atoms with Crippen molar-refractivity contribution in [2.45, 2.75) is 45.6 Å². The molecule has 3 heteroatoms. The Morgan fingerprint density at radius 2 is 2.07 bits per heavy atom. The molecule has 0 saturated heterocycles. The van der Waals surface area contributed by atoms with E-state index in [0.29, 0.717) is 12.0 Å². The summed E-state index contributed by atoms with van der Waals surface area (Å²) in [5, 5.41) is 6.13. The minimum atomic E-state index is -0.0438. The molecule has 3 nitrogen and oxygen atoms in total. The number of nitrogens with zero attached hydrogens (tertiary/aromatic N) is 2. The van der Waals surface area contributed by atoms with Gasteiger partial charge in [0.2, 0.25) is 0 Å². The van der Waals surface area contributed by atoms with Gasteiger partial charge in [-0.05, 0) is 36.6 Å². The van der Waals surface area contributed by atoms with Crippen LogP contribution < -0.4 is 5.32 Å². The highest BCUT2D eigenvalue weighted by Crippen LogP contribution is 2.44. The van der Waals surface area contributed by atoms with Crippen LogP contribution in [0.2, 0.25) is 0 Å². The van der Waals surface area contributed by atoms with Crippen LogP contribution in [0.3, 0.4) is 0 Å². The number of hydrogen-bond acceptors (Lipinski definition) is 3. The predicted molar refractivity (Wildman–Crippen MR) is 114 cm³/mol. The highest BCUT2D eigenvalue weighted by Gasteiger charge is 2.43. The zero-order valence-corrected chi connectivity index (χ0v) is 16.5. The Morgan fingerprint density at radius 1 is 1.26 bits per heavy atom. The fraction of sp³-hybridized carbons (Fsp3) is 0.417. The first-order chi connectivity index (χ1) is 13.0. The number of aromatic nitrogens is 1. The van der Waals surface area contributed by atoms with Crippen LogP contribution >= 0.6 is 0 Å². The first-order valence-corrected chi connectivity index (χ1v) is 9.99. The summed E-state index contributed by atoms with van der Waals surface area (Å²) in [5.41, 5.74) is 4.58. The Labute approximate surface area is 162 Å². The molecule has 2 aromatic rings. The van der Waals surface area contributed by atoms with Crippen LogP contribution in [0.15, 0.2) is 65.9 Å². The van der Waals surface area contributed by atoms with E-state index in [1.165, 1.54) is 16.3 Å². The van der Waals surface area contributed by atoms with E-state index in [0.717, 1.165) is 49.3 Å². The predicted octanol–water partition coefficient (Wildman–Crippen LogP) is 5.28. The van der Waals surface area contributed by atoms with Crippen molar-refractivity contribution in [2.24, 2.45) is 16.3 Å². The second kappa shape index (κ2) is 6.95. The molecule has 2 aliphatic rings. The van der Waals surface area contributed by atoms with Gasteiger partial charge in [-0.2, -0.15) is 0 Å². The maximum atomic E-state index is 4.98. The van der Waals surface area contributed by atoms with Crippen molar-refractivity contribution in [1.29, 1.82) is 0 Å². The van der Waals surface area contributed by atoms with Gasteiger partial charge in [0.1, 0.15) is 0 Å². The highest BCUT2D eigenvalue weighted by molar-refractivity contribution is 6.10. The van der Waals surface area contributed by atoms with Crippen molar-refractivity contribution in [1.82, 2.24) is 10.3 Å². The molecule has 0 amide bonds. The number of benzene rings is 1. The van der Waals surface area contributed by atoms with Crippen LogP contribution in [0.1, 0.15) is 45.2 Å². The van der Waals surface area contributed by atoms with Gasteiger partial charge in [0.05, 0.1) is 18.0 Å². The van der Waals surface area contributed by atoms with Crippen LogP contribution in [-0.4, -0.2) is 23.3 Å². The zero-order chi connectivity index (χ0) is 19.0. The average molecular weight is 360 g/mol. The molecule has 1 fully saturated rings. The lowest BCUT2D eigenvalue weighted by atomic mass is 9.72. The number of nitrogens with one attached hydrogen (secondary N) is 1. The van der Waals surface area contributed by atoms with E-state index in [2.05, 4.69) is 62.7 Å². The van der Waals surface area contributed by atoms with Gasteiger partial charge in [-0.15, -0.1) is 0 Å². The molecule has 1 aliphatic carbocycles. The lowest BCUT2D eigenvalue weighted by Crippen LogP contribution is -2.40. The van der Waals surface area contributed by atoms with Crippen molar-refractivity contribution in [3.05, 3.63) is 66.7 Å². The topological polar surface area (TPSA) is 37.3 Å². The molecule has 2 atom stereocenters. The molecule has 27 heavy (non-hydrogen) atoms. The molecule has 1 saturated carbocycles. The smallest absolute Gasteiger partial charge is 0.0918 e. The minimum absolute atomic E-state index is 0.0438. The Morgan fingerprint density at radius 3 is 2.81 bits per heavy atom. The van der Waals surface area contributed by atoms with E-state index in [9.17, 15) is 0 Å². The maximum Gasteiger partial charge on any atom is 0.0918 e. The quantitative estimate of drug-likeness (QED) is 0.737. The van der Waals surface area contributed by atoms with Gasteiger partial charge in [-0.1, -0.05) is 56.8 Å². The SMILES string of the molecule is C=C1CCC(NC(=C)C2(C(C)C)CN=C(c3nccc4ccccc34)C2)C1. The molecule has 1 aromatic carbocycles. The van der Waals surface area contributed by atoms with E-state index >= 15 is 0 Å². The third-order valence-corrected chi connectivity index (χ3v) is 6.45. The molecular weight excluding hydrogens is 330 g/mol. The van der Waals surface area contributed by atoms with Gasteiger partial charge in [0, 0.05) is 35.2 Å². The van der Waals surface area contributed by atoms with Crippen LogP contribution in [0.4, 0.5) is 0 Å². The number of rotatable bonds is 5. The molecule has 0 spiro atoms.